The highest BCUT2D eigenvalue weighted by atomic mass is 16.4. The molecule has 0 aliphatic carbocycles. The summed E-state index contributed by atoms with van der Waals surface area (Å²) in [4.78, 5) is 10.4. The van der Waals surface area contributed by atoms with Crippen LogP contribution in [-0.4, -0.2) is 11.1 Å². The fraction of sp³-hybridized carbons (Fsp3) is 0.333. The third-order valence-electron chi connectivity index (χ3n) is 2.26. The molecule has 2 radical (unpaired) electrons. The van der Waals surface area contributed by atoms with E-state index in [0.29, 0.717) is 12.8 Å². The Kier molecular flexibility index (Phi) is 3.69. The Balaban J connectivity index is 2.74. The molecule has 74 valence electrons. The number of rotatable bonds is 4. The molecule has 0 aromatic heterocycles. The van der Waals surface area contributed by atoms with Crippen LogP contribution in [0, 0.1) is 13.8 Å². The number of carbonyl (C=O) groups is 1. The maximum atomic E-state index is 10.4. The lowest BCUT2D eigenvalue weighted by molar-refractivity contribution is -0.136. The molecule has 0 atom stereocenters. The van der Waals surface area contributed by atoms with Gasteiger partial charge in [-0.1, -0.05) is 18.2 Å². The number of hydrogen-bond acceptors (Lipinski definition) is 1. The van der Waals surface area contributed by atoms with E-state index in [2.05, 4.69) is 0 Å². The van der Waals surface area contributed by atoms with Crippen molar-refractivity contribution in [3.05, 3.63) is 41.8 Å². The van der Waals surface area contributed by atoms with Gasteiger partial charge in [0.25, 0.3) is 0 Å². The molecule has 0 aliphatic rings. The largest absolute Gasteiger partial charge is 0.481 e. The molecule has 0 saturated carbocycles. The summed E-state index contributed by atoms with van der Waals surface area (Å²) in [6, 6.07) is 5.93. The summed E-state index contributed by atoms with van der Waals surface area (Å²) >= 11 is 0. The van der Waals surface area contributed by atoms with E-state index in [4.69, 9.17) is 12.0 Å². The van der Waals surface area contributed by atoms with E-state index in [1.165, 1.54) is 0 Å². The summed E-state index contributed by atoms with van der Waals surface area (Å²) in [7, 11) is 0. The third-order valence-corrected chi connectivity index (χ3v) is 2.26. The molecule has 0 amide bonds. The van der Waals surface area contributed by atoms with Crippen molar-refractivity contribution < 1.29 is 9.90 Å². The first-order valence-electron chi connectivity index (χ1n) is 4.63. The van der Waals surface area contributed by atoms with Crippen LogP contribution >= 0.6 is 0 Å². The Morgan fingerprint density at radius 2 is 2.21 bits per heavy atom. The molecule has 1 aromatic rings. The lowest BCUT2D eigenvalue weighted by atomic mass is 10.0. The lowest BCUT2D eigenvalue weighted by Crippen LogP contribution is -1.98. The van der Waals surface area contributed by atoms with Crippen LogP contribution in [0.2, 0.25) is 0 Å². The minimum Gasteiger partial charge on any atom is -0.481 e. The summed E-state index contributed by atoms with van der Waals surface area (Å²) < 4.78 is 0. The van der Waals surface area contributed by atoms with Gasteiger partial charge in [-0.15, -0.1) is 0 Å². The summed E-state index contributed by atoms with van der Waals surface area (Å²) in [6.45, 7) is 7.56. The van der Waals surface area contributed by atoms with Gasteiger partial charge in [0, 0.05) is 6.42 Å². The average Bonchev–Trinajstić information content (AvgIpc) is 2.16. The van der Waals surface area contributed by atoms with Crippen molar-refractivity contribution in [1.29, 1.82) is 0 Å². The van der Waals surface area contributed by atoms with Crippen molar-refractivity contribution >= 4 is 5.97 Å². The van der Waals surface area contributed by atoms with Crippen LogP contribution in [0.5, 0.6) is 0 Å². The first-order chi connectivity index (χ1) is 6.63. The van der Waals surface area contributed by atoms with Gasteiger partial charge in [-0.2, -0.15) is 0 Å². The quantitative estimate of drug-likeness (QED) is 0.790. The topological polar surface area (TPSA) is 37.3 Å². The highest BCUT2D eigenvalue weighted by Gasteiger charge is 2.01. The van der Waals surface area contributed by atoms with Crippen LogP contribution in [0.15, 0.2) is 18.2 Å². The predicted molar refractivity (Wildman–Crippen MR) is 55.1 cm³/mol. The lowest BCUT2D eigenvalue weighted by Gasteiger charge is -2.05. The Labute approximate surface area is 84.6 Å². The number of hydrogen-bond donors (Lipinski definition) is 1. The summed E-state index contributed by atoms with van der Waals surface area (Å²) in [5, 5.41) is 8.53. The van der Waals surface area contributed by atoms with Gasteiger partial charge in [0.1, 0.15) is 0 Å². The molecule has 0 bridgehead atoms. The molecule has 0 fully saturated rings. The SMILES string of the molecule is [CH]Cc1cc(CCC(=O)O)ccc1C. The highest BCUT2D eigenvalue weighted by Crippen LogP contribution is 2.13. The van der Waals surface area contributed by atoms with Gasteiger partial charge in [-0.3, -0.25) is 4.79 Å². The van der Waals surface area contributed by atoms with Gasteiger partial charge < -0.3 is 5.11 Å². The second kappa shape index (κ2) is 4.80. The van der Waals surface area contributed by atoms with E-state index in [-0.39, 0.29) is 6.42 Å². The molecule has 1 N–H and O–H groups in total. The average molecular weight is 190 g/mol. The molecule has 1 aromatic carbocycles. The normalized spacial score (nSPS) is 10.1. The molecule has 0 spiro atoms. The Morgan fingerprint density at radius 3 is 2.79 bits per heavy atom. The molecule has 1 rings (SSSR count). The fourth-order valence-corrected chi connectivity index (χ4v) is 1.35. The molecule has 14 heavy (non-hydrogen) atoms. The first-order valence-corrected chi connectivity index (χ1v) is 4.63. The van der Waals surface area contributed by atoms with E-state index >= 15 is 0 Å². The zero-order chi connectivity index (χ0) is 10.6. The molecular weight excluding hydrogens is 176 g/mol. The molecule has 0 saturated heterocycles. The van der Waals surface area contributed by atoms with Crippen molar-refractivity contribution in [2.24, 2.45) is 0 Å². The van der Waals surface area contributed by atoms with Gasteiger partial charge in [0.2, 0.25) is 0 Å². The monoisotopic (exact) mass is 190 g/mol. The Hall–Kier alpha value is -1.31. The maximum Gasteiger partial charge on any atom is 0.303 e. The first kappa shape index (κ1) is 10.8. The maximum absolute atomic E-state index is 10.4. The van der Waals surface area contributed by atoms with Crippen LogP contribution < -0.4 is 0 Å². The van der Waals surface area contributed by atoms with Crippen LogP contribution in [0.25, 0.3) is 0 Å². The van der Waals surface area contributed by atoms with Crippen LogP contribution in [-0.2, 0) is 17.6 Å². The number of benzene rings is 1. The number of carboxylic acid groups (broad SMARTS) is 1. The Morgan fingerprint density at radius 1 is 1.50 bits per heavy atom. The van der Waals surface area contributed by atoms with Crippen molar-refractivity contribution in [1.82, 2.24) is 0 Å². The van der Waals surface area contributed by atoms with Crippen LogP contribution in [0.4, 0.5) is 0 Å². The molecule has 2 heteroatoms. The van der Waals surface area contributed by atoms with Crippen molar-refractivity contribution in [2.45, 2.75) is 26.2 Å². The highest BCUT2D eigenvalue weighted by molar-refractivity contribution is 5.67. The van der Waals surface area contributed by atoms with Crippen molar-refractivity contribution in [3.63, 3.8) is 0 Å². The van der Waals surface area contributed by atoms with E-state index in [9.17, 15) is 4.79 Å². The minimum absolute atomic E-state index is 0.174. The minimum atomic E-state index is -0.764. The smallest absolute Gasteiger partial charge is 0.303 e. The standard InChI is InChI=1S/C12H14O2/c1-3-11-8-10(5-4-9(11)2)6-7-12(13)14/h1,4-5,8H,3,6-7H2,2H3,(H,13,14). The zero-order valence-electron chi connectivity index (χ0n) is 8.29. The molecule has 0 aliphatic heterocycles. The van der Waals surface area contributed by atoms with E-state index in [1.54, 1.807) is 0 Å². The van der Waals surface area contributed by atoms with Gasteiger partial charge in [-0.25, -0.2) is 0 Å². The molecule has 0 heterocycles. The molecule has 2 nitrogen and oxygen atoms in total. The third kappa shape index (κ3) is 2.87. The zero-order valence-corrected chi connectivity index (χ0v) is 8.29. The van der Waals surface area contributed by atoms with Gasteiger partial charge in [-0.05, 0) is 43.4 Å². The van der Waals surface area contributed by atoms with E-state index in [0.717, 1.165) is 16.7 Å². The second-order valence-electron chi connectivity index (χ2n) is 3.36. The molecular formula is C12H14O2. The van der Waals surface area contributed by atoms with Crippen LogP contribution in [0.1, 0.15) is 23.1 Å². The summed E-state index contributed by atoms with van der Waals surface area (Å²) in [5.41, 5.74) is 3.29. The van der Waals surface area contributed by atoms with Gasteiger partial charge >= 0.3 is 5.97 Å². The van der Waals surface area contributed by atoms with Gasteiger partial charge in [0.15, 0.2) is 0 Å². The van der Waals surface area contributed by atoms with Gasteiger partial charge in [0.05, 0.1) is 0 Å². The number of aliphatic carboxylic acids is 1. The second-order valence-corrected chi connectivity index (χ2v) is 3.36. The molecule has 0 unspecified atom stereocenters. The number of aryl methyl sites for hydroxylation is 2. The van der Waals surface area contributed by atoms with Crippen LogP contribution in [0.3, 0.4) is 0 Å². The van der Waals surface area contributed by atoms with E-state index in [1.807, 2.05) is 25.1 Å². The van der Waals surface area contributed by atoms with Crippen molar-refractivity contribution in [3.8, 4) is 0 Å². The van der Waals surface area contributed by atoms with E-state index < -0.39 is 5.97 Å². The summed E-state index contributed by atoms with van der Waals surface area (Å²) in [5.74, 6) is -0.764. The predicted octanol–water partition coefficient (Wildman–Crippen LogP) is 2.27. The van der Waals surface area contributed by atoms with Crippen molar-refractivity contribution in [2.75, 3.05) is 0 Å². The Bertz CT molecular complexity index is 329. The summed E-state index contributed by atoms with van der Waals surface area (Å²) in [6.07, 6.45) is 1.25. The number of carboxylic acids is 1. The fourth-order valence-electron chi connectivity index (χ4n) is 1.35.